The van der Waals surface area contributed by atoms with E-state index in [1.165, 1.54) is 14.9 Å². The summed E-state index contributed by atoms with van der Waals surface area (Å²) >= 11 is 0. The van der Waals surface area contributed by atoms with Crippen LogP contribution in [0.1, 0.15) is 37.9 Å². The van der Waals surface area contributed by atoms with Gasteiger partial charge in [0.2, 0.25) is 10.0 Å². The first-order valence-electron chi connectivity index (χ1n) is 12.2. The Kier molecular flexibility index (Phi) is 7.34. The average Bonchev–Trinajstić information content (AvgIpc) is 3.20. The highest BCUT2D eigenvalue weighted by Gasteiger charge is 2.25. The van der Waals surface area contributed by atoms with Gasteiger partial charge in [0.05, 0.1) is 21.8 Å². The van der Waals surface area contributed by atoms with Crippen LogP contribution >= 0.6 is 0 Å². The van der Waals surface area contributed by atoms with Crippen LogP contribution in [-0.2, 0) is 17.1 Å². The van der Waals surface area contributed by atoms with Gasteiger partial charge in [0, 0.05) is 37.3 Å². The lowest BCUT2D eigenvalue weighted by Crippen LogP contribution is -2.32. The number of aryl methyl sites for hydroxylation is 2. The van der Waals surface area contributed by atoms with Crippen molar-refractivity contribution in [2.75, 3.05) is 13.1 Å². The van der Waals surface area contributed by atoms with Crippen molar-refractivity contribution in [3.8, 4) is 22.4 Å². The third kappa shape index (κ3) is 4.59. The minimum absolute atomic E-state index is 0.132. The molecular formula is C27H30F2N4O3S. The molecule has 0 amide bonds. The Balaban J connectivity index is 1.90. The molecule has 2 heterocycles. The number of sulfonamides is 1. The van der Waals surface area contributed by atoms with Crippen LogP contribution in [0.3, 0.4) is 0 Å². The van der Waals surface area contributed by atoms with E-state index in [0.29, 0.717) is 59.7 Å². The van der Waals surface area contributed by atoms with E-state index in [1.54, 1.807) is 49.7 Å². The van der Waals surface area contributed by atoms with Crippen molar-refractivity contribution in [2.45, 2.75) is 45.4 Å². The van der Waals surface area contributed by atoms with Gasteiger partial charge in [0.15, 0.2) is 0 Å². The summed E-state index contributed by atoms with van der Waals surface area (Å²) in [6, 6.07) is 9.71. The quantitative estimate of drug-likeness (QED) is 0.320. The van der Waals surface area contributed by atoms with Gasteiger partial charge in [0.25, 0.3) is 5.56 Å². The fourth-order valence-electron chi connectivity index (χ4n) is 4.79. The van der Waals surface area contributed by atoms with Crippen LogP contribution in [0, 0.1) is 25.5 Å². The standard InChI is InChI=1S/C27H30F2N4O3S/c1-6-14-32(15-7-2)37(35,36)21-11-8-19(9-12-21)25-17(3)27(34)33-26(31(25)5)24(18(4)30-33)22-13-10-20(28)16-23(22)29/h8-13,16H,6-7,14-15H2,1-5H3. The van der Waals surface area contributed by atoms with E-state index in [2.05, 4.69) is 5.10 Å². The van der Waals surface area contributed by atoms with E-state index in [-0.39, 0.29) is 16.0 Å². The normalized spacial score (nSPS) is 12.1. The molecule has 196 valence electrons. The molecule has 0 aliphatic heterocycles. The number of hydrogen-bond donors (Lipinski definition) is 0. The third-order valence-electron chi connectivity index (χ3n) is 6.47. The molecule has 0 aliphatic rings. The molecule has 0 bridgehead atoms. The Morgan fingerprint density at radius 1 is 0.973 bits per heavy atom. The van der Waals surface area contributed by atoms with Crippen LogP contribution in [0.2, 0.25) is 0 Å². The fraction of sp³-hybridized carbons (Fsp3) is 0.333. The second-order valence-corrected chi connectivity index (χ2v) is 11.0. The predicted molar refractivity (Wildman–Crippen MR) is 140 cm³/mol. The summed E-state index contributed by atoms with van der Waals surface area (Å²) in [6.07, 6.45) is 1.42. The molecule has 0 saturated carbocycles. The van der Waals surface area contributed by atoms with Gasteiger partial charge in [-0.2, -0.15) is 13.9 Å². The zero-order chi connectivity index (χ0) is 27.1. The molecule has 0 aliphatic carbocycles. The molecular weight excluding hydrogens is 498 g/mol. The number of nitrogens with zero attached hydrogens (tertiary/aromatic N) is 4. The summed E-state index contributed by atoms with van der Waals surface area (Å²) in [4.78, 5) is 13.5. The number of aromatic nitrogens is 3. The first kappa shape index (κ1) is 26.7. The van der Waals surface area contributed by atoms with E-state index in [1.807, 2.05) is 13.8 Å². The van der Waals surface area contributed by atoms with Crippen molar-refractivity contribution in [2.24, 2.45) is 7.05 Å². The molecule has 0 saturated heterocycles. The van der Waals surface area contributed by atoms with E-state index < -0.39 is 21.7 Å². The van der Waals surface area contributed by atoms with Gasteiger partial charge in [-0.25, -0.2) is 17.2 Å². The van der Waals surface area contributed by atoms with Crippen LogP contribution < -0.4 is 5.56 Å². The summed E-state index contributed by atoms with van der Waals surface area (Å²) < 4.78 is 59.1. The molecule has 0 atom stereocenters. The van der Waals surface area contributed by atoms with Crippen molar-refractivity contribution >= 4 is 15.7 Å². The van der Waals surface area contributed by atoms with E-state index in [4.69, 9.17) is 0 Å². The molecule has 37 heavy (non-hydrogen) atoms. The van der Waals surface area contributed by atoms with Crippen molar-refractivity contribution in [3.05, 3.63) is 75.7 Å². The molecule has 0 radical (unpaired) electrons. The Hall–Kier alpha value is -3.37. The first-order valence-corrected chi connectivity index (χ1v) is 13.6. The zero-order valence-electron chi connectivity index (χ0n) is 21.5. The van der Waals surface area contributed by atoms with Crippen molar-refractivity contribution in [3.63, 3.8) is 0 Å². The third-order valence-corrected chi connectivity index (χ3v) is 8.38. The lowest BCUT2D eigenvalue weighted by molar-refractivity contribution is 0.410. The van der Waals surface area contributed by atoms with Crippen LogP contribution in [0.15, 0.2) is 52.2 Å². The molecule has 0 fully saturated rings. The molecule has 0 spiro atoms. The van der Waals surface area contributed by atoms with Gasteiger partial charge in [-0.15, -0.1) is 0 Å². The number of halogens is 2. The average molecular weight is 529 g/mol. The first-order chi connectivity index (χ1) is 17.5. The van der Waals surface area contributed by atoms with Crippen molar-refractivity contribution < 1.29 is 17.2 Å². The van der Waals surface area contributed by atoms with Gasteiger partial charge >= 0.3 is 0 Å². The van der Waals surface area contributed by atoms with Crippen LogP contribution in [0.25, 0.3) is 28.0 Å². The second-order valence-electron chi connectivity index (χ2n) is 9.09. The molecule has 4 rings (SSSR count). The van der Waals surface area contributed by atoms with Crippen LogP contribution in [-0.4, -0.2) is 40.0 Å². The van der Waals surface area contributed by atoms with Gasteiger partial charge in [0.1, 0.15) is 17.3 Å². The maximum Gasteiger partial charge on any atom is 0.277 e. The van der Waals surface area contributed by atoms with Crippen molar-refractivity contribution in [1.29, 1.82) is 0 Å². The maximum absolute atomic E-state index is 14.8. The highest BCUT2D eigenvalue weighted by Crippen LogP contribution is 2.33. The zero-order valence-corrected chi connectivity index (χ0v) is 22.4. The van der Waals surface area contributed by atoms with E-state index in [9.17, 15) is 22.0 Å². The molecule has 0 unspecified atom stereocenters. The number of benzene rings is 2. The Bertz CT molecular complexity index is 1640. The Labute approximate surface area is 215 Å². The number of rotatable bonds is 8. The maximum atomic E-state index is 14.8. The Morgan fingerprint density at radius 2 is 1.59 bits per heavy atom. The highest BCUT2D eigenvalue weighted by molar-refractivity contribution is 7.89. The van der Waals surface area contributed by atoms with Crippen LogP contribution in [0.4, 0.5) is 8.78 Å². The molecule has 2 aromatic carbocycles. The van der Waals surface area contributed by atoms with Gasteiger partial charge in [-0.3, -0.25) is 4.79 Å². The van der Waals surface area contributed by atoms with Crippen molar-refractivity contribution in [1.82, 2.24) is 18.5 Å². The summed E-state index contributed by atoms with van der Waals surface area (Å²) in [5.74, 6) is -1.46. The summed E-state index contributed by atoms with van der Waals surface area (Å²) in [5, 5.41) is 4.35. The molecule has 0 N–H and O–H groups in total. The second kappa shape index (κ2) is 10.2. The monoisotopic (exact) mass is 528 g/mol. The summed E-state index contributed by atoms with van der Waals surface area (Å²) in [6.45, 7) is 8.07. The fourth-order valence-corrected chi connectivity index (χ4v) is 6.41. The molecule has 2 aromatic heterocycles. The molecule has 4 aromatic rings. The number of fused-ring (bicyclic) bond motifs is 1. The lowest BCUT2D eigenvalue weighted by Gasteiger charge is -2.21. The van der Waals surface area contributed by atoms with Crippen LogP contribution in [0.5, 0.6) is 0 Å². The summed E-state index contributed by atoms with van der Waals surface area (Å²) in [7, 11) is -1.92. The van der Waals surface area contributed by atoms with Gasteiger partial charge in [-0.05, 0) is 56.5 Å². The topological polar surface area (TPSA) is 76.7 Å². The highest BCUT2D eigenvalue weighted by atomic mass is 32.2. The lowest BCUT2D eigenvalue weighted by atomic mass is 10.0. The van der Waals surface area contributed by atoms with Gasteiger partial charge in [-0.1, -0.05) is 26.0 Å². The number of hydrogen-bond acceptors (Lipinski definition) is 4. The Morgan fingerprint density at radius 3 is 2.16 bits per heavy atom. The summed E-state index contributed by atoms with van der Waals surface area (Å²) in [5.41, 5.74) is 2.47. The molecule has 10 heteroatoms. The smallest absolute Gasteiger partial charge is 0.277 e. The molecule has 7 nitrogen and oxygen atoms in total. The van der Waals surface area contributed by atoms with Gasteiger partial charge < -0.3 is 4.57 Å². The predicted octanol–water partition coefficient (Wildman–Crippen LogP) is 5.07. The van der Waals surface area contributed by atoms with E-state index in [0.717, 1.165) is 12.1 Å². The SMILES string of the molecule is CCCN(CCC)S(=O)(=O)c1ccc(-c2c(C)c(=O)n3nc(C)c(-c4ccc(F)cc4F)c3n2C)cc1. The minimum atomic E-state index is -3.66. The largest absolute Gasteiger partial charge is 0.328 e. The van der Waals surface area contributed by atoms with E-state index >= 15 is 0 Å². The minimum Gasteiger partial charge on any atom is -0.328 e.